The van der Waals surface area contributed by atoms with Gasteiger partial charge in [0.05, 0.1) is 0 Å². The summed E-state index contributed by atoms with van der Waals surface area (Å²) in [4.78, 5) is 17.0. The highest BCUT2D eigenvalue weighted by Crippen LogP contribution is 2.57. The van der Waals surface area contributed by atoms with Gasteiger partial charge in [0, 0.05) is 48.0 Å². The Morgan fingerprint density at radius 3 is 2.42 bits per heavy atom. The number of rotatable bonds is 9. The van der Waals surface area contributed by atoms with Crippen molar-refractivity contribution in [3.63, 3.8) is 0 Å². The van der Waals surface area contributed by atoms with Gasteiger partial charge < -0.3 is 26.1 Å². The Morgan fingerprint density at radius 2 is 1.78 bits per heavy atom. The molecule has 4 rings (SSSR count). The van der Waals surface area contributed by atoms with E-state index in [1.807, 2.05) is 37.3 Å². The Morgan fingerprint density at radius 1 is 1.14 bits per heavy atom. The van der Waals surface area contributed by atoms with Crippen LogP contribution in [0.2, 0.25) is 0 Å². The molecule has 3 aromatic rings. The van der Waals surface area contributed by atoms with Crippen molar-refractivity contribution in [1.82, 2.24) is 10.3 Å². The van der Waals surface area contributed by atoms with E-state index in [1.165, 1.54) is 7.11 Å². The fourth-order valence-electron chi connectivity index (χ4n) is 4.69. The third kappa shape index (κ3) is 5.00. The number of hydrogen-bond acceptors (Lipinski definition) is 6. The molecule has 8 heteroatoms. The average Bonchev–Trinajstić information content (AvgIpc) is 3.57. The highest BCUT2D eigenvalue weighted by molar-refractivity contribution is 5.98. The number of pyridine rings is 1. The zero-order chi connectivity index (χ0) is 25.9. The molecule has 0 bridgehead atoms. The van der Waals surface area contributed by atoms with Crippen molar-refractivity contribution >= 4 is 17.3 Å². The summed E-state index contributed by atoms with van der Waals surface area (Å²) in [5.41, 5.74) is 9.73. The minimum absolute atomic E-state index is 0.0220. The second-order valence-corrected chi connectivity index (χ2v) is 9.24. The molecule has 1 aliphatic rings. The van der Waals surface area contributed by atoms with Gasteiger partial charge in [0.25, 0.3) is 5.91 Å². The summed E-state index contributed by atoms with van der Waals surface area (Å²) in [5.74, 6) is -0.703. The van der Waals surface area contributed by atoms with Crippen LogP contribution in [0.3, 0.4) is 0 Å². The van der Waals surface area contributed by atoms with Crippen LogP contribution in [0.15, 0.2) is 84.8 Å². The molecule has 1 amide bonds. The Balaban J connectivity index is 1.50. The minimum Gasteiger partial charge on any atom is -0.409 e. The molecule has 0 radical (unpaired) electrons. The number of hydrogen-bond donors (Lipinski definition) is 4. The van der Waals surface area contributed by atoms with Crippen LogP contribution in [0.1, 0.15) is 34.8 Å². The molecule has 1 fully saturated rings. The standard InChI is InChI=1S/C28H30N4O4/c1-17(21-5-4-6-22(15-21)25(29)32-35)24(27(34)36-3)28(2)16-23(28)31-26(33)20-9-7-18(8-10-20)19-11-13-30-14-12-19/h4-15,23-24,27,34-35H,1,16H2,2-3H3,(H2,29,32)(H,31,33)/t23?,24-,27?,28?/m0/s1. The van der Waals surface area contributed by atoms with Crippen LogP contribution in [0, 0.1) is 11.3 Å². The molecule has 0 saturated heterocycles. The lowest BCUT2D eigenvalue weighted by Crippen LogP contribution is -2.37. The zero-order valence-corrected chi connectivity index (χ0v) is 20.3. The first kappa shape index (κ1) is 25.1. The van der Waals surface area contributed by atoms with Crippen LogP contribution in [0.4, 0.5) is 0 Å². The number of nitrogens with zero attached hydrogens (tertiary/aromatic N) is 2. The van der Waals surface area contributed by atoms with Crippen LogP contribution in [-0.4, -0.2) is 46.5 Å². The van der Waals surface area contributed by atoms with Crippen molar-refractivity contribution in [2.45, 2.75) is 25.7 Å². The molecule has 3 unspecified atom stereocenters. The number of aliphatic hydroxyl groups excluding tert-OH is 1. The maximum absolute atomic E-state index is 13.0. The van der Waals surface area contributed by atoms with Gasteiger partial charge in [0.1, 0.15) is 0 Å². The summed E-state index contributed by atoms with van der Waals surface area (Å²) in [5, 5.41) is 25.9. The van der Waals surface area contributed by atoms with E-state index in [4.69, 9.17) is 15.7 Å². The lowest BCUT2D eigenvalue weighted by atomic mass is 9.80. The van der Waals surface area contributed by atoms with Crippen LogP contribution >= 0.6 is 0 Å². The number of carbonyl (C=O) groups excluding carboxylic acids is 1. The van der Waals surface area contributed by atoms with E-state index in [0.717, 1.165) is 16.7 Å². The predicted molar refractivity (Wildman–Crippen MR) is 138 cm³/mol. The van der Waals surface area contributed by atoms with Crippen molar-refractivity contribution in [2.75, 3.05) is 7.11 Å². The summed E-state index contributed by atoms with van der Waals surface area (Å²) in [6.07, 6.45) is 2.98. The molecule has 0 aliphatic heterocycles. The molecule has 8 nitrogen and oxygen atoms in total. The number of aromatic nitrogens is 1. The molecule has 1 heterocycles. The fraction of sp³-hybridized carbons (Fsp3) is 0.250. The van der Waals surface area contributed by atoms with Crippen LogP contribution < -0.4 is 11.1 Å². The molecule has 36 heavy (non-hydrogen) atoms. The number of amidine groups is 1. The number of carbonyl (C=O) groups is 1. The molecule has 0 spiro atoms. The number of nitrogens with one attached hydrogen (secondary N) is 1. The van der Waals surface area contributed by atoms with Crippen molar-refractivity contribution < 1.29 is 19.8 Å². The lowest BCUT2D eigenvalue weighted by molar-refractivity contribution is -0.112. The number of ether oxygens (including phenoxy) is 1. The van der Waals surface area contributed by atoms with Gasteiger partial charge in [-0.25, -0.2) is 0 Å². The third-order valence-corrected chi connectivity index (χ3v) is 7.00. The van der Waals surface area contributed by atoms with Gasteiger partial charge in [0.2, 0.25) is 0 Å². The first-order valence-corrected chi connectivity index (χ1v) is 11.6. The molecule has 4 atom stereocenters. The molecule has 186 valence electrons. The Bertz CT molecular complexity index is 1280. The minimum atomic E-state index is -1.13. The van der Waals surface area contributed by atoms with Crippen molar-refractivity contribution in [2.24, 2.45) is 22.2 Å². The molecular formula is C28H30N4O4. The first-order chi connectivity index (χ1) is 17.3. The summed E-state index contributed by atoms with van der Waals surface area (Å²) in [7, 11) is 1.43. The maximum Gasteiger partial charge on any atom is 0.251 e. The van der Waals surface area contributed by atoms with E-state index >= 15 is 0 Å². The number of benzene rings is 2. The first-order valence-electron chi connectivity index (χ1n) is 11.6. The molecule has 1 saturated carbocycles. The van der Waals surface area contributed by atoms with E-state index < -0.39 is 17.6 Å². The second kappa shape index (κ2) is 10.3. The summed E-state index contributed by atoms with van der Waals surface area (Å²) >= 11 is 0. The summed E-state index contributed by atoms with van der Waals surface area (Å²) in [6, 6.07) is 18.1. The second-order valence-electron chi connectivity index (χ2n) is 9.24. The predicted octanol–water partition coefficient (Wildman–Crippen LogP) is 3.65. The van der Waals surface area contributed by atoms with Crippen molar-refractivity contribution in [3.05, 3.63) is 96.3 Å². The number of amides is 1. The number of aliphatic hydroxyl groups is 1. The summed E-state index contributed by atoms with van der Waals surface area (Å²) < 4.78 is 5.30. The highest BCUT2D eigenvalue weighted by atomic mass is 16.6. The van der Waals surface area contributed by atoms with E-state index in [-0.39, 0.29) is 17.8 Å². The normalized spacial score (nSPS) is 20.9. The summed E-state index contributed by atoms with van der Waals surface area (Å²) in [6.45, 7) is 6.23. The molecular weight excluding hydrogens is 456 g/mol. The highest BCUT2D eigenvalue weighted by Gasteiger charge is 2.59. The van der Waals surface area contributed by atoms with Crippen molar-refractivity contribution in [3.8, 4) is 11.1 Å². The van der Waals surface area contributed by atoms with Crippen molar-refractivity contribution in [1.29, 1.82) is 0 Å². The van der Waals surface area contributed by atoms with E-state index in [9.17, 15) is 9.90 Å². The number of nitrogens with two attached hydrogens (primary N) is 1. The SMILES string of the molecule is C=C(c1cccc(/C(N)=N\O)c1)[C@@H](C(O)OC)C1(C)CC1NC(=O)c1ccc(-c2ccncc2)cc1. The molecule has 5 N–H and O–H groups in total. The molecule has 1 aliphatic carbocycles. The smallest absolute Gasteiger partial charge is 0.251 e. The Kier molecular flexibility index (Phi) is 7.19. The average molecular weight is 487 g/mol. The van der Waals surface area contributed by atoms with Crippen LogP contribution in [0.25, 0.3) is 16.7 Å². The van der Waals surface area contributed by atoms with Crippen LogP contribution in [0.5, 0.6) is 0 Å². The van der Waals surface area contributed by atoms with Gasteiger partial charge in [-0.3, -0.25) is 9.78 Å². The van der Waals surface area contributed by atoms with Gasteiger partial charge in [-0.15, -0.1) is 0 Å². The van der Waals surface area contributed by atoms with Gasteiger partial charge >= 0.3 is 0 Å². The van der Waals surface area contributed by atoms with E-state index in [2.05, 4.69) is 22.0 Å². The van der Waals surface area contributed by atoms with Gasteiger partial charge in [-0.1, -0.05) is 49.0 Å². The molecule has 2 aromatic carbocycles. The van der Waals surface area contributed by atoms with E-state index in [1.54, 1.807) is 42.7 Å². The monoisotopic (exact) mass is 486 g/mol. The zero-order valence-electron chi connectivity index (χ0n) is 20.3. The molecule has 1 aromatic heterocycles. The topological polar surface area (TPSA) is 130 Å². The maximum atomic E-state index is 13.0. The van der Waals surface area contributed by atoms with Gasteiger partial charge in [-0.2, -0.15) is 0 Å². The van der Waals surface area contributed by atoms with Gasteiger partial charge in [0.15, 0.2) is 12.1 Å². The Hall–Kier alpha value is -4.01. The number of oxime groups is 1. The number of methoxy groups -OCH3 is 1. The van der Waals surface area contributed by atoms with E-state index in [0.29, 0.717) is 23.1 Å². The van der Waals surface area contributed by atoms with Gasteiger partial charge in [-0.05, 0) is 59.0 Å². The quantitative estimate of drug-likeness (QED) is 0.120. The lowest BCUT2D eigenvalue weighted by Gasteiger charge is -2.31. The third-order valence-electron chi connectivity index (χ3n) is 7.00. The van der Waals surface area contributed by atoms with Crippen LogP contribution in [-0.2, 0) is 4.74 Å². The largest absolute Gasteiger partial charge is 0.409 e. The Labute approximate surface area is 210 Å². The fourth-order valence-corrected chi connectivity index (χ4v) is 4.69.